The third-order valence-corrected chi connectivity index (χ3v) is 4.24. The SMILES string of the molecule is CCC(C)(CC)NCCSc1ccccc1. The maximum atomic E-state index is 3.64. The van der Waals surface area contributed by atoms with Crippen LogP contribution in [0.5, 0.6) is 0 Å². The molecule has 0 atom stereocenters. The van der Waals surface area contributed by atoms with Crippen molar-refractivity contribution >= 4 is 11.8 Å². The average Bonchev–Trinajstić information content (AvgIpc) is 2.36. The fourth-order valence-corrected chi connectivity index (χ4v) is 2.33. The van der Waals surface area contributed by atoms with Gasteiger partial charge in [0.1, 0.15) is 0 Å². The van der Waals surface area contributed by atoms with Crippen LogP contribution in [0.2, 0.25) is 0 Å². The first-order valence-corrected chi connectivity index (χ1v) is 7.11. The predicted octanol–water partition coefficient (Wildman–Crippen LogP) is 3.95. The Balaban J connectivity index is 2.22. The maximum Gasteiger partial charge on any atom is 0.0148 e. The third-order valence-electron chi connectivity index (χ3n) is 3.23. The van der Waals surface area contributed by atoms with Gasteiger partial charge in [0.05, 0.1) is 0 Å². The first-order valence-electron chi connectivity index (χ1n) is 6.13. The highest BCUT2D eigenvalue weighted by molar-refractivity contribution is 7.99. The largest absolute Gasteiger partial charge is 0.311 e. The van der Waals surface area contributed by atoms with Crippen LogP contribution < -0.4 is 5.32 Å². The lowest BCUT2D eigenvalue weighted by atomic mass is 9.96. The highest BCUT2D eigenvalue weighted by atomic mass is 32.2. The molecule has 0 spiro atoms. The van der Waals surface area contributed by atoms with Crippen molar-refractivity contribution in [2.24, 2.45) is 0 Å². The van der Waals surface area contributed by atoms with Gasteiger partial charge in [0.15, 0.2) is 0 Å². The minimum absolute atomic E-state index is 0.317. The number of thioether (sulfide) groups is 1. The van der Waals surface area contributed by atoms with Gasteiger partial charge in [0.25, 0.3) is 0 Å². The van der Waals surface area contributed by atoms with E-state index in [1.54, 1.807) is 0 Å². The quantitative estimate of drug-likeness (QED) is 0.569. The lowest BCUT2D eigenvalue weighted by Gasteiger charge is -2.28. The number of nitrogens with one attached hydrogen (secondary N) is 1. The molecule has 1 rings (SSSR count). The molecule has 0 bridgehead atoms. The van der Waals surface area contributed by atoms with Gasteiger partial charge >= 0.3 is 0 Å². The van der Waals surface area contributed by atoms with Gasteiger partial charge in [0.2, 0.25) is 0 Å². The standard InChI is InChI=1S/C14H23NS/c1-4-14(3,5-2)15-11-12-16-13-9-7-6-8-10-13/h6-10,15H,4-5,11-12H2,1-3H3. The van der Waals surface area contributed by atoms with Crippen molar-refractivity contribution in [1.82, 2.24) is 5.32 Å². The van der Waals surface area contributed by atoms with Crippen LogP contribution in [0.4, 0.5) is 0 Å². The zero-order chi connectivity index (χ0) is 11.9. The smallest absolute Gasteiger partial charge is 0.0148 e. The molecule has 2 heteroatoms. The van der Waals surface area contributed by atoms with E-state index in [4.69, 9.17) is 0 Å². The molecule has 16 heavy (non-hydrogen) atoms. The summed E-state index contributed by atoms with van der Waals surface area (Å²) in [6.07, 6.45) is 2.39. The molecule has 0 saturated heterocycles. The minimum atomic E-state index is 0.317. The third kappa shape index (κ3) is 4.58. The van der Waals surface area contributed by atoms with E-state index in [1.165, 1.54) is 17.7 Å². The normalized spacial score (nSPS) is 11.7. The second-order valence-corrected chi connectivity index (χ2v) is 5.52. The second-order valence-electron chi connectivity index (χ2n) is 4.36. The first kappa shape index (κ1) is 13.6. The summed E-state index contributed by atoms with van der Waals surface area (Å²) >= 11 is 1.92. The first-order chi connectivity index (χ1) is 7.70. The highest BCUT2D eigenvalue weighted by Crippen LogP contribution is 2.17. The van der Waals surface area contributed by atoms with E-state index < -0.39 is 0 Å². The molecule has 0 saturated carbocycles. The zero-order valence-electron chi connectivity index (χ0n) is 10.6. The number of rotatable bonds is 7. The van der Waals surface area contributed by atoms with E-state index >= 15 is 0 Å². The molecule has 0 heterocycles. The van der Waals surface area contributed by atoms with Crippen molar-refractivity contribution in [1.29, 1.82) is 0 Å². The Labute approximate surface area is 104 Å². The van der Waals surface area contributed by atoms with E-state index in [9.17, 15) is 0 Å². The summed E-state index contributed by atoms with van der Waals surface area (Å²) < 4.78 is 0. The van der Waals surface area contributed by atoms with Gasteiger partial charge in [-0.25, -0.2) is 0 Å². The van der Waals surface area contributed by atoms with Crippen molar-refractivity contribution in [2.75, 3.05) is 12.3 Å². The Bertz CT molecular complexity index is 280. The van der Waals surface area contributed by atoms with Gasteiger partial charge in [-0.1, -0.05) is 32.0 Å². The van der Waals surface area contributed by atoms with Gasteiger partial charge < -0.3 is 5.32 Å². The van der Waals surface area contributed by atoms with Crippen LogP contribution in [-0.2, 0) is 0 Å². The van der Waals surface area contributed by atoms with Crippen molar-refractivity contribution in [3.05, 3.63) is 30.3 Å². The molecule has 0 aromatic heterocycles. The Morgan fingerprint density at radius 1 is 1.12 bits per heavy atom. The summed E-state index contributed by atoms with van der Waals surface area (Å²) in [7, 11) is 0. The van der Waals surface area contributed by atoms with E-state index in [0.717, 1.165) is 12.3 Å². The molecule has 0 radical (unpaired) electrons. The van der Waals surface area contributed by atoms with E-state index in [0.29, 0.717) is 5.54 Å². The molecule has 0 amide bonds. The Morgan fingerprint density at radius 2 is 1.75 bits per heavy atom. The lowest BCUT2D eigenvalue weighted by molar-refractivity contribution is 0.341. The molecule has 1 aromatic carbocycles. The molecule has 1 N–H and O–H groups in total. The van der Waals surface area contributed by atoms with E-state index in [2.05, 4.69) is 56.4 Å². The van der Waals surface area contributed by atoms with Gasteiger partial charge in [-0.15, -0.1) is 11.8 Å². The summed E-state index contributed by atoms with van der Waals surface area (Å²) in [4.78, 5) is 1.36. The molecular formula is C14H23NS. The highest BCUT2D eigenvalue weighted by Gasteiger charge is 2.17. The topological polar surface area (TPSA) is 12.0 Å². The Morgan fingerprint density at radius 3 is 2.31 bits per heavy atom. The summed E-state index contributed by atoms with van der Waals surface area (Å²) in [5, 5.41) is 3.64. The van der Waals surface area contributed by atoms with Gasteiger partial charge in [-0.05, 0) is 31.9 Å². The number of benzene rings is 1. The van der Waals surface area contributed by atoms with Crippen molar-refractivity contribution in [3.8, 4) is 0 Å². The van der Waals surface area contributed by atoms with E-state index in [-0.39, 0.29) is 0 Å². The van der Waals surface area contributed by atoms with E-state index in [1.807, 2.05) is 11.8 Å². The van der Waals surface area contributed by atoms with Crippen molar-refractivity contribution in [2.45, 2.75) is 44.0 Å². The molecule has 0 aliphatic rings. The van der Waals surface area contributed by atoms with Crippen LogP contribution in [0.3, 0.4) is 0 Å². The lowest BCUT2D eigenvalue weighted by Crippen LogP contribution is -2.42. The van der Waals surface area contributed by atoms with Crippen molar-refractivity contribution in [3.63, 3.8) is 0 Å². The summed E-state index contributed by atoms with van der Waals surface area (Å²) in [6.45, 7) is 7.89. The zero-order valence-corrected chi connectivity index (χ0v) is 11.4. The second kappa shape index (κ2) is 6.97. The maximum absolute atomic E-state index is 3.64. The Hall–Kier alpha value is -0.470. The molecule has 0 unspecified atom stereocenters. The molecule has 90 valence electrons. The fraction of sp³-hybridized carbons (Fsp3) is 0.571. The summed E-state index contributed by atoms with van der Waals surface area (Å²) in [6, 6.07) is 10.6. The molecular weight excluding hydrogens is 214 g/mol. The predicted molar refractivity (Wildman–Crippen MR) is 74.2 cm³/mol. The van der Waals surface area contributed by atoms with Gasteiger partial charge in [-0.3, -0.25) is 0 Å². The number of hydrogen-bond donors (Lipinski definition) is 1. The van der Waals surface area contributed by atoms with Gasteiger partial charge in [0, 0.05) is 22.7 Å². The Kier molecular flexibility index (Phi) is 5.93. The van der Waals surface area contributed by atoms with Crippen LogP contribution in [-0.4, -0.2) is 17.8 Å². The molecule has 0 aliphatic carbocycles. The van der Waals surface area contributed by atoms with Crippen LogP contribution in [0, 0.1) is 0 Å². The molecule has 0 fully saturated rings. The number of hydrogen-bond acceptors (Lipinski definition) is 2. The van der Waals surface area contributed by atoms with Crippen molar-refractivity contribution < 1.29 is 0 Å². The molecule has 1 aromatic rings. The average molecular weight is 237 g/mol. The molecule has 1 nitrogen and oxygen atoms in total. The summed E-state index contributed by atoms with van der Waals surface area (Å²) in [5.41, 5.74) is 0.317. The minimum Gasteiger partial charge on any atom is -0.311 e. The monoisotopic (exact) mass is 237 g/mol. The van der Waals surface area contributed by atoms with Crippen LogP contribution in [0.1, 0.15) is 33.6 Å². The van der Waals surface area contributed by atoms with Crippen LogP contribution in [0.25, 0.3) is 0 Å². The summed E-state index contributed by atoms with van der Waals surface area (Å²) in [5.74, 6) is 1.14. The van der Waals surface area contributed by atoms with Crippen LogP contribution in [0.15, 0.2) is 35.2 Å². The van der Waals surface area contributed by atoms with Crippen LogP contribution >= 0.6 is 11.8 Å². The fourth-order valence-electron chi connectivity index (χ4n) is 1.54. The van der Waals surface area contributed by atoms with Gasteiger partial charge in [-0.2, -0.15) is 0 Å². The molecule has 0 aliphatic heterocycles.